The van der Waals surface area contributed by atoms with Gasteiger partial charge in [-0.25, -0.2) is 0 Å². The van der Waals surface area contributed by atoms with Crippen molar-refractivity contribution < 1.29 is 19.1 Å². The zero-order valence-corrected chi connectivity index (χ0v) is 28.6. The fourth-order valence-corrected chi connectivity index (χ4v) is 7.72. The Morgan fingerprint density at radius 1 is 0.826 bits per heavy atom. The summed E-state index contributed by atoms with van der Waals surface area (Å²) in [5.41, 5.74) is 6.05. The standard InChI is InChI=1S/C39H41BrN2O4/c1-38(2)20-29-36(31(43)22-38)35(26-15-16-33(28(40)19-26)46-24-34(45)41-27-13-9-6-10-14-27)37-30(21-39(3,4)23-32(37)44)42(29)18-17-25-11-7-5-8-12-25/h5-16,19,35H,17-18,20-24H2,1-4H3,(H,41,45). The number of Topliss-reactive ketones (excluding diaryl/α,β-unsaturated/α-hetero) is 2. The first kappa shape index (κ1) is 32.0. The number of ether oxygens (including phenoxy) is 1. The number of hydrogen-bond donors (Lipinski definition) is 1. The molecule has 3 aromatic carbocycles. The molecular formula is C39H41BrN2O4. The Hall–Kier alpha value is -3.97. The Labute approximate surface area is 280 Å². The van der Waals surface area contributed by atoms with Gasteiger partial charge in [0, 0.05) is 53.5 Å². The number of rotatable bonds is 8. The predicted molar refractivity (Wildman–Crippen MR) is 184 cm³/mol. The molecule has 0 spiro atoms. The zero-order valence-electron chi connectivity index (χ0n) is 27.0. The van der Waals surface area contributed by atoms with Crippen molar-refractivity contribution in [1.82, 2.24) is 4.90 Å². The second kappa shape index (κ2) is 12.7. The summed E-state index contributed by atoms with van der Waals surface area (Å²) in [5.74, 6) is 0.0265. The molecule has 7 heteroatoms. The molecule has 0 aromatic heterocycles. The van der Waals surface area contributed by atoms with E-state index in [9.17, 15) is 14.4 Å². The Bertz CT molecular complexity index is 1690. The van der Waals surface area contributed by atoms with E-state index in [0.717, 1.165) is 47.4 Å². The van der Waals surface area contributed by atoms with Gasteiger partial charge in [0.05, 0.1) is 4.47 Å². The Kier molecular flexibility index (Phi) is 8.81. The topological polar surface area (TPSA) is 75.7 Å². The summed E-state index contributed by atoms with van der Waals surface area (Å²) in [7, 11) is 0. The fourth-order valence-electron chi connectivity index (χ4n) is 7.21. The highest BCUT2D eigenvalue weighted by Crippen LogP contribution is 2.54. The molecule has 1 heterocycles. The van der Waals surface area contributed by atoms with Crippen LogP contribution in [0.3, 0.4) is 0 Å². The van der Waals surface area contributed by atoms with Crippen LogP contribution in [-0.2, 0) is 20.8 Å². The number of amides is 1. The molecule has 238 valence electrons. The number of nitrogens with zero attached hydrogens (tertiary/aromatic N) is 1. The monoisotopic (exact) mass is 680 g/mol. The molecule has 1 N–H and O–H groups in total. The maximum Gasteiger partial charge on any atom is 0.262 e. The fraction of sp³-hybridized carbons (Fsp3) is 0.359. The molecule has 1 amide bonds. The number of ketones is 2. The lowest BCUT2D eigenvalue weighted by Crippen LogP contribution is -2.45. The lowest BCUT2D eigenvalue weighted by Gasteiger charge is -2.49. The van der Waals surface area contributed by atoms with E-state index in [-0.39, 0.29) is 34.9 Å². The first-order valence-corrected chi connectivity index (χ1v) is 16.8. The number of para-hydroxylation sites is 1. The van der Waals surface area contributed by atoms with Crippen LogP contribution < -0.4 is 10.1 Å². The second-order valence-corrected chi connectivity index (χ2v) is 15.2. The van der Waals surface area contributed by atoms with Crippen molar-refractivity contribution in [3.63, 3.8) is 0 Å². The van der Waals surface area contributed by atoms with Gasteiger partial charge in [0.25, 0.3) is 5.91 Å². The van der Waals surface area contributed by atoms with Gasteiger partial charge in [-0.3, -0.25) is 14.4 Å². The van der Waals surface area contributed by atoms with E-state index in [1.165, 1.54) is 5.56 Å². The van der Waals surface area contributed by atoms with Gasteiger partial charge in [-0.2, -0.15) is 0 Å². The Morgan fingerprint density at radius 2 is 1.39 bits per heavy atom. The van der Waals surface area contributed by atoms with Crippen LogP contribution in [0.15, 0.2) is 106 Å². The summed E-state index contributed by atoms with van der Waals surface area (Å²) in [6.07, 6.45) is 3.23. The van der Waals surface area contributed by atoms with Crippen molar-refractivity contribution in [1.29, 1.82) is 0 Å². The first-order chi connectivity index (χ1) is 21.9. The normalized spacial score (nSPS) is 19.1. The molecule has 0 bridgehead atoms. The van der Waals surface area contributed by atoms with Gasteiger partial charge >= 0.3 is 0 Å². The van der Waals surface area contributed by atoms with Crippen molar-refractivity contribution in [3.8, 4) is 5.75 Å². The average molecular weight is 682 g/mol. The lowest BCUT2D eigenvalue weighted by atomic mass is 9.63. The Morgan fingerprint density at radius 3 is 1.96 bits per heavy atom. The summed E-state index contributed by atoms with van der Waals surface area (Å²) in [5, 5.41) is 2.83. The number of anilines is 1. The van der Waals surface area contributed by atoms with E-state index in [1.54, 1.807) is 0 Å². The lowest BCUT2D eigenvalue weighted by molar-refractivity contribution is -0.120. The minimum atomic E-state index is -0.447. The molecule has 0 saturated heterocycles. The summed E-state index contributed by atoms with van der Waals surface area (Å²) in [6, 6.07) is 25.4. The van der Waals surface area contributed by atoms with Gasteiger partial charge in [-0.05, 0) is 81.4 Å². The third kappa shape index (κ3) is 6.75. The zero-order chi connectivity index (χ0) is 32.6. The number of benzene rings is 3. The van der Waals surface area contributed by atoms with Crippen LogP contribution in [0.5, 0.6) is 5.75 Å². The van der Waals surface area contributed by atoms with Crippen molar-refractivity contribution >= 4 is 39.1 Å². The van der Waals surface area contributed by atoms with Crippen molar-refractivity contribution in [3.05, 3.63) is 117 Å². The van der Waals surface area contributed by atoms with E-state index < -0.39 is 5.92 Å². The number of allylic oxidation sites excluding steroid dienone is 4. The van der Waals surface area contributed by atoms with E-state index in [2.05, 4.69) is 78.1 Å². The summed E-state index contributed by atoms with van der Waals surface area (Å²) in [6.45, 7) is 9.21. The van der Waals surface area contributed by atoms with Crippen LogP contribution >= 0.6 is 15.9 Å². The summed E-state index contributed by atoms with van der Waals surface area (Å²) < 4.78 is 6.56. The maximum atomic E-state index is 14.1. The van der Waals surface area contributed by atoms with Crippen LogP contribution in [0.1, 0.15) is 70.4 Å². The molecule has 0 unspecified atom stereocenters. The van der Waals surface area contributed by atoms with Gasteiger partial charge in [0.2, 0.25) is 0 Å². The van der Waals surface area contributed by atoms with Gasteiger partial charge < -0.3 is 15.0 Å². The number of nitrogens with one attached hydrogen (secondary N) is 1. The molecular weight excluding hydrogens is 640 g/mol. The van der Waals surface area contributed by atoms with E-state index in [0.29, 0.717) is 35.3 Å². The summed E-state index contributed by atoms with van der Waals surface area (Å²) >= 11 is 3.67. The molecule has 0 radical (unpaired) electrons. The van der Waals surface area contributed by atoms with Gasteiger partial charge in [0.15, 0.2) is 18.2 Å². The highest BCUT2D eigenvalue weighted by Gasteiger charge is 2.48. The SMILES string of the molecule is CC1(C)CC(=O)C2=C(C1)N(CCc1ccccc1)C1=C(C(=O)CC(C)(C)C1)C2c1ccc(OCC(=O)Nc2ccccc2)c(Br)c1. The number of hydrogen-bond acceptors (Lipinski definition) is 5. The molecule has 2 aliphatic carbocycles. The second-order valence-electron chi connectivity index (χ2n) is 14.3. The minimum absolute atomic E-state index is 0.110. The number of carbonyl (C=O) groups is 3. The molecule has 0 saturated carbocycles. The Balaban J connectivity index is 1.37. The van der Waals surface area contributed by atoms with Crippen LogP contribution in [0.4, 0.5) is 5.69 Å². The van der Waals surface area contributed by atoms with E-state index >= 15 is 0 Å². The number of carbonyl (C=O) groups excluding carboxylic acids is 3. The van der Waals surface area contributed by atoms with Crippen LogP contribution in [0.25, 0.3) is 0 Å². The average Bonchev–Trinajstić information content (AvgIpc) is 2.99. The largest absolute Gasteiger partial charge is 0.483 e. The summed E-state index contributed by atoms with van der Waals surface area (Å²) in [4.78, 5) is 43.1. The molecule has 6 rings (SSSR count). The predicted octanol–water partition coefficient (Wildman–Crippen LogP) is 8.39. The third-order valence-corrected chi connectivity index (χ3v) is 9.81. The highest BCUT2D eigenvalue weighted by atomic mass is 79.9. The van der Waals surface area contributed by atoms with Gasteiger partial charge in [-0.1, -0.05) is 82.3 Å². The third-order valence-electron chi connectivity index (χ3n) is 9.19. The van der Waals surface area contributed by atoms with Crippen LogP contribution in [0.2, 0.25) is 0 Å². The van der Waals surface area contributed by atoms with Crippen molar-refractivity contribution in [2.75, 3.05) is 18.5 Å². The quantitative estimate of drug-likeness (QED) is 0.259. The van der Waals surface area contributed by atoms with E-state index in [1.807, 2.05) is 54.6 Å². The molecule has 3 aromatic rings. The van der Waals surface area contributed by atoms with Crippen molar-refractivity contribution in [2.24, 2.45) is 10.8 Å². The number of halogens is 1. The molecule has 3 aliphatic rings. The van der Waals surface area contributed by atoms with Gasteiger partial charge in [0.1, 0.15) is 5.75 Å². The van der Waals surface area contributed by atoms with Crippen molar-refractivity contribution in [2.45, 2.75) is 65.7 Å². The highest BCUT2D eigenvalue weighted by molar-refractivity contribution is 9.10. The first-order valence-electron chi connectivity index (χ1n) is 16.0. The van der Waals surface area contributed by atoms with Crippen LogP contribution in [0, 0.1) is 10.8 Å². The molecule has 6 nitrogen and oxygen atoms in total. The maximum absolute atomic E-state index is 14.1. The smallest absolute Gasteiger partial charge is 0.262 e. The molecule has 0 fully saturated rings. The van der Waals surface area contributed by atoms with E-state index in [4.69, 9.17) is 4.74 Å². The molecule has 46 heavy (non-hydrogen) atoms. The van der Waals surface area contributed by atoms with Gasteiger partial charge in [-0.15, -0.1) is 0 Å². The molecule has 1 aliphatic heterocycles. The molecule has 0 atom stereocenters. The minimum Gasteiger partial charge on any atom is -0.483 e. The van der Waals surface area contributed by atoms with Crippen LogP contribution in [-0.4, -0.2) is 35.5 Å².